The number of halogens is 2. The van der Waals surface area contributed by atoms with Crippen molar-refractivity contribution in [3.8, 4) is 0 Å². The van der Waals surface area contributed by atoms with Crippen LogP contribution in [0.1, 0.15) is 55.0 Å². The summed E-state index contributed by atoms with van der Waals surface area (Å²) in [5, 5.41) is 5.78. The number of pyridine rings is 1. The Morgan fingerprint density at radius 2 is 1.92 bits per heavy atom. The van der Waals surface area contributed by atoms with E-state index < -0.39 is 34.8 Å². The Hall–Kier alpha value is -4.28. The highest BCUT2D eigenvalue weighted by molar-refractivity contribution is 6.06. The number of rotatable bonds is 3. The molecule has 0 aliphatic carbocycles. The minimum Gasteiger partial charge on any atom is -0.442 e. The van der Waals surface area contributed by atoms with Crippen LogP contribution < -0.4 is 10.6 Å². The third-order valence-corrected chi connectivity index (χ3v) is 5.34. The predicted octanol–water partition coefficient (Wildman–Crippen LogP) is 4.14. The van der Waals surface area contributed by atoms with Crippen molar-refractivity contribution in [1.29, 1.82) is 0 Å². The number of nitrogens with zero attached hydrogens (tertiary/aromatic N) is 4. The number of hydrogen-bond acceptors (Lipinski definition) is 6. The summed E-state index contributed by atoms with van der Waals surface area (Å²) in [5.41, 5.74) is -0.306. The Morgan fingerprint density at radius 1 is 1.14 bits per heavy atom. The quantitative estimate of drug-likeness (QED) is 0.562. The van der Waals surface area contributed by atoms with Crippen LogP contribution >= 0.6 is 0 Å². The van der Waals surface area contributed by atoms with Crippen molar-refractivity contribution >= 4 is 23.5 Å². The first-order valence-corrected chi connectivity index (χ1v) is 11.1. The Balaban J connectivity index is 1.68. The monoisotopic (exact) mass is 494 g/mol. The molecule has 36 heavy (non-hydrogen) atoms. The molecule has 0 saturated carbocycles. The van der Waals surface area contributed by atoms with E-state index in [9.17, 15) is 14.0 Å². The molecular weight excluding hydrogens is 470 g/mol. The lowest BCUT2D eigenvalue weighted by Gasteiger charge is -2.37. The highest BCUT2D eigenvalue weighted by Gasteiger charge is 2.38. The molecule has 0 unspecified atom stereocenters. The molecule has 0 radical (unpaired) electrons. The number of aliphatic imine (C=N–C) groups is 1. The fourth-order valence-corrected chi connectivity index (χ4v) is 3.76. The van der Waals surface area contributed by atoms with Crippen LogP contribution in [0.15, 0.2) is 54.0 Å². The van der Waals surface area contributed by atoms with E-state index in [2.05, 4.69) is 30.6 Å². The summed E-state index contributed by atoms with van der Waals surface area (Å²) in [5.74, 6) is -1.56. The second-order valence-electron chi connectivity index (χ2n) is 9.47. The van der Waals surface area contributed by atoms with Gasteiger partial charge in [-0.05, 0) is 58.0 Å². The van der Waals surface area contributed by atoms with E-state index in [1.165, 1.54) is 36.8 Å². The summed E-state index contributed by atoms with van der Waals surface area (Å²) in [6.07, 6.45) is 3.23. The van der Waals surface area contributed by atoms with E-state index in [1.807, 2.05) is 0 Å². The standard InChI is InChI=1S/C25H24F2N6O3/c1-24(2,3)36-23(35)32-21-16-12-28-13-30-20(16)10-25(4,33-21)17-9-15(6-7-18(17)27)31-22(34)19-8-5-14(26)11-29-19/h5-9,11-13H,10H2,1-4H3,(H,31,34)(H,32,33,35)/t25-/m0/s1. The molecule has 1 atom stereocenters. The van der Waals surface area contributed by atoms with Gasteiger partial charge < -0.3 is 15.4 Å². The average molecular weight is 495 g/mol. The summed E-state index contributed by atoms with van der Waals surface area (Å²) in [7, 11) is 0. The van der Waals surface area contributed by atoms with Gasteiger partial charge in [0.2, 0.25) is 0 Å². The molecule has 3 aromatic rings. The molecule has 11 heteroatoms. The molecule has 9 nitrogen and oxygen atoms in total. The lowest BCUT2D eigenvalue weighted by molar-refractivity contribution is 0.0603. The molecule has 186 valence electrons. The van der Waals surface area contributed by atoms with Crippen LogP contribution in [0.3, 0.4) is 0 Å². The van der Waals surface area contributed by atoms with E-state index in [0.717, 1.165) is 12.3 Å². The van der Waals surface area contributed by atoms with Crippen molar-refractivity contribution in [2.45, 2.75) is 45.3 Å². The van der Waals surface area contributed by atoms with E-state index in [0.29, 0.717) is 16.9 Å². The number of amides is 2. The van der Waals surface area contributed by atoms with Gasteiger partial charge in [0.25, 0.3) is 5.91 Å². The molecule has 4 rings (SSSR count). The first-order valence-electron chi connectivity index (χ1n) is 11.1. The van der Waals surface area contributed by atoms with Gasteiger partial charge in [0.1, 0.15) is 35.1 Å². The normalized spacial score (nSPS) is 18.2. The Labute approximate surface area is 206 Å². The highest BCUT2D eigenvalue weighted by Crippen LogP contribution is 2.34. The maximum Gasteiger partial charge on any atom is 0.436 e. The third kappa shape index (κ3) is 5.51. The first-order chi connectivity index (χ1) is 16.9. The molecule has 0 saturated heterocycles. The third-order valence-electron chi connectivity index (χ3n) is 5.34. The van der Waals surface area contributed by atoms with Crippen molar-refractivity contribution in [2.24, 2.45) is 4.99 Å². The van der Waals surface area contributed by atoms with Gasteiger partial charge in [-0.15, -0.1) is 0 Å². The number of hydrogen-bond donors (Lipinski definition) is 2. The van der Waals surface area contributed by atoms with Crippen LogP contribution in [0, 0.1) is 11.6 Å². The fourth-order valence-electron chi connectivity index (χ4n) is 3.76. The van der Waals surface area contributed by atoms with Crippen LogP contribution in [-0.4, -0.2) is 38.4 Å². The molecule has 2 N–H and O–H groups in total. The molecule has 0 bridgehead atoms. The Bertz CT molecular complexity index is 1350. The van der Waals surface area contributed by atoms with Crippen molar-refractivity contribution in [3.63, 3.8) is 0 Å². The van der Waals surface area contributed by atoms with Crippen LogP contribution in [0.5, 0.6) is 0 Å². The lowest BCUT2D eigenvalue weighted by Crippen LogP contribution is -2.50. The number of fused-ring (bicyclic) bond motifs is 1. The largest absolute Gasteiger partial charge is 0.442 e. The number of amidine groups is 1. The smallest absolute Gasteiger partial charge is 0.436 e. The summed E-state index contributed by atoms with van der Waals surface area (Å²) in [6, 6.07) is 6.46. The molecule has 2 aromatic heterocycles. The summed E-state index contributed by atoms with van der Waals surface area (Å²) in [4.78, 5) is 41.1. The van der Waals surface area contributed by atoms with Gasteiger partial charge in [0.05, 0.1) is 23.0 Å². The van der Waals surface area contributed by atoms with E-state index in [1.54, 1.807) is 27.7 Å². The minimum atomic E-state index is -1.10. The topological polar surface area (TPSA) is 118 Å². The van der Waals surface area contributed by atoms with Gasteiger partial charge in [-0.3, -0.25) is 4.79 Å². The zero-order valence-electron chi connectivity index (χ0n) is 20.1. The van der Waals surface area contributed by atoms with Crippen LogP contribution in [-0.2, 0) is 16.7 Å². The molecule has 3 heterocycles. The number of aromatic nitrogens is 3. The average Bonchev–Trinajstić information content (AvgIpc) is 2.79. The number of carbonyl (C=O) groups excluding carboxylic acids is 2. The molecular formula is C25H24F2N6O3. The Morgan fingerprint density at radius 3 is 2.61 bits per heavy atom. The second kappa shape index (κ2) is 9.40. The zero-order valence-corrected chi connectivity index (χ0v) is 20.1. The predicted molar refractivity (Wildman–Crippen MR) is 128 cm³/mol. The Kier molecular flexibility index (Phi) is 6.49. The molecule has 1 aromatic carbocycles. The SMILES string of the molecule is CC(C)(C)OC(=O)/N=C1/N[C@](C)(c2cc(NC(=O)c3ccc(F)cn3)ccc2F)Cc2ncncc21. The van der Waals surface area contributed by atoms with E-state index >= 15 is 4.39 Å². The minimum absolute atomic E-state index is 0.00156. The number of benzene rings is 1. The zero-order chi connectivity index (χ0) is 26.1. The maximum atomic E-state index is 15.1. The van der Waals surface area contributed by atoms with Gasteiger partial charge in [-0.2, -0.15) is 4.99 Å². The van der Waals surface area contributed by atoms with Crippen molar-refractivity contribution in [1.82, 2.24) is 20.3 Å². The van der Waals surface area contributed by atoms with Gasteiger partial charge in [-0.1, -0.05) is 0 Å². The molecule has 0 spiro atoms. The summed E-state index contributed by atoms with van der Waals surface area (Å²) >= 11 is 0. The second-order valence-corrected chi connectivity index (χ2v) is 9.47. The molecule has 1 aliphatic heterocycles. The number of carbonyl (C=O) groups is 2. The van der Waals surface area contributed by atoms with E-state index in [4.69, 9.17) is 4.74 Å². The number of anilines is 1. The fraction of sp³-hybridized carbons (Fsp3) is 0.280. The van der Waals surface area contributed by atoms with E-state index in [-0.39, 0.29) is 23.5 Å². The lowest BCUT2D eigenvalue weighted by atomic mass is 9.82. The van der Waals surface area contributed by atoms with Crippen LogP contribution in [0.4, 0.5) is 19.3 Å². The van der Waals surface area contributed by atoms with Gasteiger partial charge >= 0.3 is 6.09 Å². The first kappa shape index (κ1) is 24.8. The molecule has 2 amide bonds. The van der Waals surface area contributed by atoms with Gasteiger partial charge in [0, 0.05) is 23.9 Å². The van der Waals surface area contributed by atoms with Crippen molar-refractivity contribution in [3.05, 3.63) is 83.2 Å². The summed E-state index contributed by atoms with van der Waals surface area (Å²) in [6.45, 7) is 6.89. The van der Waals surface area contributed by atoms with Crippen LogP contribution in [0.25, 0.3) is 0 Å². The number of ether oxygens (including phenoxy) is 1. The number of nitrogens with one attached hydrogen (secondary N) is 2. The van der Waals surface area contributed by atoms with Crippen molar-refractivity contribution in [2.75, 3.05) is 5.32 Å². The molecule has 1 aliphatic rings. The summed E-state index contributed by atoms with van der Waals surface area (Å²) < 4.78 is 33.6. The van der Waals surface area contributed by atoms with Gasteiger partial charge in [-0.25, -0.2) is 28.5 Å². The van der Waals surface area contributed by atoms with Gasteiger partial charge in [0.15, 0.2) is 0 Å². The highest BCUT2D eigenvalue weighted by atomic mass is 19.1. The molecule has 0 fully saturated rings. The maximum absolute atomic E-state index is 15.1. The van der Waals surface area contributed by atoms with Crippen LogP contribution in [0.2, 0.25) is 0 Å². The van der Waals surface area contributed by atoms with Crippen molar-refractivity contribution < 1.29 is 23.1 Å².